The standard InChI is InChI=1S/C43H44F2N12O3S2/c44-27-5-1-15-48-39(27)42(11-3-12-42)23-50-33-9-7-29(52-54-33)37-35(31-21-46-25-61-31)56(17-19-59-37)41(58)57-18-20-60-38(36(57)32-22-47-26-62-32)30-8-10-34(55-53-30)51-24-43(13-4-14-43)40-28(45)6-2-16-49-40/h1-2,5-10,15-16,21-22,25-26,35-38H,3-4,11-14,17-20,23-24H2,(H,50,54)(H,51,55). The average molecular weight is 879 g/mol. The average Bonchev–Trinajstić information content (AvgIpc) is 4.03. The monoisotopic (exact) mass is 878 g/mol. The van der Waals surface area contributed by atoms with E-state index in [1.54, 1.807) is 47.9 Å². The van der Waals surface area contributed by atoms with Gasteiger partial charge in [-0.3, -0.25) is 19.9 Å². The molecule has 4 atom stereocenters. The van der Waals surface area contributed by atoms with Gasteiger partial charge in [-0.1, -0.05) is 12.8 Å². The Morgan fingerprint density at radius 2 is 1.15 bits per heavy atom. The number of thiazole rings is 2. The summed E-state index contributed by atoms with van der Waals surface area (Å²) in [6.07, 6.45) is 10.9. The molecule has 62 heavy (non-hydrogen) atoms. The minimum atomic E-state index is -0.631. The topological polar surface area (TPSA) is 169 Å². The third kappa shape index (κ3) is 7.64. The van der Waals surface area contributed by atoms with Crippen LogP contribution in [0.1, 0.15) is 95.3 Å². The zero-order chi connectivity index (χ0) is 42.1. The first-order valence-corrected chi connectivity index (χ1v) is 22.6. The molecule has 4 fully saturated rings. The van der Waals surface area contributed by atoms with Crippen molar-refractivity contribution in [3.05, 3.63) is 129 Å². The van der Waals surface area contributed by atoms with Gasteiger partial charge in [-0.25, -0.2) is 13.6 Å². The Bertz CT molecular complexity index is 2290. The second-order valence-electron chi connectivity index (χ2n) is 16.3. The largest absolute Gasteiger partial charge is 0.368 e. The van der Waals surface area contributed by atoms with Crippen LogP contribution in [0, 0.1) is 11.6 Å². The maximum Gasteiger partial charge on any atom is 0.321 e. The Labute approximate surface area is 364 Å². The van der Waals surface area contributed by atoms with Crippen molar-refractivity contribution in [1.29, 1.82) is 0 Å². The SMILES string of the molecule is O=C(N1CCOC(c2ccc(NCC3(c4ncccc4F)CCC3)nn2)C1c1cncs1)N1CCOC(c2ccc(NCC3(c4ncccc4F)CCC3)nn2)C1c1cncs1. The molecule has 8 heterocycles. The van der Waals surface area contributed by atoms with Crippen LogP contribution in [0.25, 0.3) is 0 Å². The summed E-state index contributed by atoms with van der Waals surface area (Å²) in [6, 6.07) is 12.3. The number of anilines is 2. The number of morpholine rings is 2. The predicted octanol–water partition coefficient (Wildman–Crippen LogP) is 7.36. The van der Waals surface area contributed by atoms with Crippen molar-refractivity contribution in [2.24, 2.45) is 0 Å². The number of halogens is 2. The number of nitrogens with one attached hydrogen (secondary N) is 2. The summed E-state index contributed by atoms with van der Waals surface area (Å²) in [5.41, 5.74) is 4.78. The fraction of sp³-hybridized carbons (Fsp3) is 0.419. The molecule has 2 amide bonds. The molecular weight excluding hydrogens is 835 g/mol. The van der Waals surface area contributed by atoms with Gasteiger partial charge in [0.2, 0.25) is 0 Å². The third-order valence-corrected chi connectivity index (χ3v) is 14.5. The number of pyridine rings is 2. The molecule has 320 valence electrons. The van der Waals surface area contributed by atoms with E-state index in [1.807, 2.05) is 34.1 Å². The Morgan fingerprint density at radius 1 is 0.677 bits per heavy atom. The van der Waals surface area contributed by atoms with Crippen molar-refractivity contribution < 1.29 is 23.0 Å². The summed E-state index contributed by atoms with van der Waals surface area (Å²) < 4.78 is 42.4. The molecule has 4 unspecified atom stereocenters. The summed E-state index contributed by atoms with van der Waals surface area (Å²) in [5, 5.41) is 25.0. The van der Waals surface area contributed by atoms with E-state index >= 15 is 4.79 Å². The molecule has 0 radical (unpaired) electrons. The molecule has 10 rings (SSSR count). The predicted molar refractivity (Wildman–Crippen MR) is 226 cm³/mol. The van der Waals surface area contributed by atoms with E-state index in [-0.39, 0.29) is 30.9 Å². The van der Waals surface area contributed by atoms with E-state index < -0.39 is 35.1 Å². The molecule has 2 aliphatic carbocycles. The molecular formula is C43H44F2N12O3S2. The molecule has 2 aliphatic heterocycles. The number of aromatic nitrogens is 8. The fourth-order valence-electron chi connectivity index (χ4n) is 9.23. The van der Waals surface area contributed by atoms with Gasteiger partial charge < -0.3 is 29.9 Å². The zero-order valence-corrected chi connectivity index (χ0v) is 35.3. The second-order valence-corrected chi connectivity index (χ2v) is 18.1. The van der Waals surface area contributed by atoms with Gasteiger partial charge in [0.05, 0.1) is 56.8 Å². The Balaban J connectivity index is 0.869. The molecule has 6 aromatic heterocycles. The first-order chi connectivity index (χ1) is 30.4. The summed E-state index contributed by atoms with van der Waals surface area (Å²) in [4.78, 5) is 38.0. The number of hydrogen-bond acceptors (Lipinski definition) is 15. The van der Waals surface area contributed by atoms with Gasteiger partial charge in [0.25, 0.3) is 0 Å². The molecule has 19 heteroatoms. The number of amides is 2. The van der Waals surface area contributed by atoms with Gasteiger partial charge in [-0.2, -0.15) is 10.2 Å². The van der Waals surface area contributed by atoms with Crippen molar-refractivity contribution in [3.63, 3.8) is 0 Å². The van der Waals surface area contributed by atoms with Crippen LogP contribution >= 0.6 is 22.7 Å². The number of nitrogens with zero attached hydrogens (tertiary/aromatic N) is 10. The summed E-state index contributed by atoms with van der Waals surface area (Å²) in [5.74, 6) is 0.509. The molecule has 2 N–H and O–H groups in total. The lowest BCUT2D eigenvalue weighted by Crippen LogP contribution is -2.54. The van der Waals surface area contributed by atoms with Crippen LogP contribution in [-0.2, 0) is 20.3 Å². The van der Waals surface area contributed by atoms with Crippen molar-refractivity contribution in [3.8, 4) is 0 Å². The maximum absolute atomic E-state index is 15.1. The Kier molecular flexibility index (Phi) is 11.3. The summed E-state index contributed by atoms with van der Waals surface area (Å²) in [6.45, 7) is 2.17. The number of urea groups is 1. The van der Waals surface area contributed by atoms with Gasteiger partial charge in [-0.15, -0.1) is 32.9 Å². The highest BCUT2D eigenvalue weighted by Gasteiger charge is 2.47. The van der Waals surface area contributed by atoms with Crippen LogP contribution in [0.15, 0.2) is 84.3 Å². The second kappa shape index (κ2) is 17.3. The third-order valence-electron chi connectivity index (χ3n) is 12.8. The highest BCUT2D eigenvalue weighted by molar-refractivity contribution is 7.10. The Morgan fingerprint density at radius 3 is 1.50 bits per heavy atom. The van der Waals surface area contributed by atoms with E-state index in [9.17, 15) is 8.78 Å². The van der Waals surface area contributed by atoms with E-state index in [0.717, 1.165) is 48.3 Å². The number of hydrogen-bond donors (Lipinski definition) is 2. The number of ether oxygens (including phenoxy) is 2. The van der Waals surface area contributed by atoms with Crippen molar-refractivity contribution in [2.75, 3.05) is 50.0 Å². The minimum absolute atomic E-state index is 0.194. The van der Waals surface area contributed by atoms with Gasteiger partial charge in [0.15, 0.2) is 0 Å². The van der Waals surface area contributed by atoms with Crippen LogP contribution in [0.4, 0.5) is 25.2 Å². The molecule has 0 spiro atoms. The van der Waals surface area contributed by atoms with E-state index in [2.05, 4.69) is 51.0 Å². The molecule has 0 aromatic carbocycles. The lowest BCUT2D eigenvalue weighted by atomic mass is 9.66. The van der Waals surface area contributed by atoms with Gasteiger partial charge in [-0.05, 0) is 74.2 Å². The highest BCUT2D eigenvalue weighted by Crippen LogP contribution is 2.47. The first-order valence-electron chi connectivity index (χ1n) is 20.9. The zero-order valence-electron chi connectivity index (χ0n) is 33.6. The smallest absolute Gasteiger partial charge is 0.321 e. The van der Waals surface area contributed by atoms with Gasteiger partial charge in [0, 0.05) is 61.8 Å². The van der Waals surface area contributed by atoms with E-state index in [1.165, 1.54) is 34.8 Å². The van der Waals surface area contributed by atoms with E-state index in [4.69, 9.17) is 9.47 Å². The molecule has 2 saturated carbocycles. The number of carbonyl (C=O) groups is 1. The fourth-order valence-corrected chi connectivity index (χ4v) is 10.7. The first kappa shape index (κ1) is 40.4. The van der Waals surface area contributed by atoms with E-state index in [0.29, 0.717) is 60.6 Å². The van der Waals surface area contributed by atoms with Crippen molar-refractivity contribution >= 4 is 40.3 Å². The lowest BCUT2D eigenvalue weighted by Gasteiger charge is -2.46. The van der Waals surface area contributed by atoms with Gasteiger partial charge >= 0.3 is 6.03 Å². The molecule has 0 bridgehead atoms. The van der Waals surface area contributed by atoms with Crippen molar-refractivity contribution in [1.82, 2.24) is 50.1 Å². The highest BCUT2D eigenvalue weighted by atomic mass is 32.1. The van der Waals surface area contributed by atoms with Crippen LogP contribution in [-0.4, -0.2) is 95.6 Å². The van der Waals surface area contributed by atoms with Crippen LogP contribution in [0.3, 0.4) is 0 Å². The minimum Gasteiger partial charge on any atom is -0.368 e. The number of rotatable bonds is 12. The summed E-state index contributed by atoms with van der Waals surface area (Å²) in [7, 11) is 0. The molecule has 6 aromatic rings. The maximum atomic E-state index is 15.1. The number of carbonyl (C=O) groups excluding carboxylic acids is 1. The molecule has 4 aliphatic rings. The molecule has 2 saturated heterocycles. The Hall–Kier alpha value is -5.63. The van der Waals surface area contributed by atoms with Crippen LogP contribution in [0.2, 0.25) is 0 Å². The van der Waals surface area contributed by atoms with Crippen molar-refractivity contribution in [2.45, 2.75) is 73.6 Å². The lowest BCUT2D eigenvalue weighted by molar-refractivity contribution is -0.0881. The normalized spacial score (nSPS) is 22.9. The summed E-state index contributed by atoms with van der Waals surface area (Å²) >= 11 is 2.89. The molecule has 15 nitrogen and oxygen atoms in total. The van der Waals surface area contributed by atoms with Gasteiger partial charge in [0.1, 0.15) is 47.6 Å². The van der Waals surface area contributed by atoms with Crippen LogP contribution in [0.5, 0.6) is 0 Å². The quantitative estimate of drug-likeness (QED) is 0.125. The van der Waals surface area contributed by atoms with Crippen LogP contribution < -0.4 is 10.6 Å².